The van der Waals surface area contributed by atoms with Crippen LogP contribution in [0.2, 0.25) is 0 Å². The predicted molar refractivity (Wildman–Crippen MR) is 128 cm³/mol. The molecule has 3 rings (SSSR count). The number of fused-ring (bicyclic) bond motifs is 1. The van der Waals surface area contributed by atoms with Crippen LogP contribution in [0.3, 0.4) is 0 Å². The highest BCUT2D eigenvalue weighted by atomic mass is 16.3. The highest BCUT2D eigenvalue weighted by Crippen LogP contribution is 2.59. The Balaban J connectivity index is 1.76. The summed E-state index contributed by atoms with van der Waals surface area (Å²) in [6.07, 6.45) is 15.0. The molecule has 7 atom stereocenters. The molecule has 0 saturated heterocycles. The fraction of sp³-hybridized carbons (Fsp3) is 0.714. The van der Waals surface area contributed by atoms with E-state index in [1.165, 1.54) is 31.3 Å². The summed E-state index contributed by atoms with van der Waals surface area (Å²) in [5, 5.41) is 30.4. The van der Waals surface area contributed by atoms with Crippen LogP contribution in [0.25, 0.3) is 0 Å². The van der Waals surface area contributed by atoms with E-state index in [0.717, 1.165) is 17.6 Å². The molecule has 0 amide bonds. The van der Waals surface area contributed by atoms with Gasteiger partial charge in [-0.25, -0.2) is 0 Å². The molecule has 0 spiro atoms. The van der Waals surface area contributed by atoms with E-state index < -0.39 is 17.8 Å². The molecule has 3 saturated carbocycles. The van der Waals surface area contributed by atoms with Crippen molar-refractivity contribution in [2.75, 3.05) is 0 Å². The van der Waals surface area contributed by atoms with Crippen molar-refractivity contribution in [1.29, 1.82) is 0 Å². The Hall–Kier alpha value is -1.16. The number of allylic oxidation sites excluding steroid dienone is 4. The third kappa shape index (κ3) is 5.26. The molecule has 0 aromatic rings. The van der Waals surface area contributed by atoms with Gasteiger partial charge in [0.2, 0.25) is 0 Å². The first kappa shape index (κ1) is 24.5. The summed E-state index contributed by atoms with van der Waals surface area (Å²) in [6, 6.07) is 0. The normalized spacial score (nSPS) is 39.3. The molecule has 3 aliphatic rings. The van der Waals surface area contributed by atoms with Crippen molar-refractivity contribution in [1.82, 2.24) is 0 Å². The van der Waals surface area contributed by atoms with Gasteiger partial charge in [-0.15, -0.1) is 0 Å². The first-order chi connectivity index (χ1) is 14.4. The average Bonchev–Trinajstić information content (AvgIpc) is 3.04. The lowest BCUT2D eigenvalue weighted by molar-refractivity contribution is 0.0436. The molecule has 0 radical (unpaired) electrons. The fourth-order valence-electron chi connectivity index (χ4n) is 6.32. The summed E-state index contributed by atoms with van der Waals surface area (Å²) in [7, 11) is 0. The van der Waals surface area contributed by atoms with E-state index in [2.05, 4.69) is 51.7 Å². The van der Waals surface area contributed by atoms with Gasteiger partial charge in [0.05, 0.1) is 17.8 Å². The topological polar surface area (TPSA) is 60.7 Å². The second-order valence-electron chi connectivity index (χ2n) is 11.4. The lowest BCUT2D eigenvalue weighted by Gasteiger charge is -2.44. The number of hydrogen-bond acceptors (Lipinski definition) is 3. The quantitative estimate of drug-likeness (QED) is 0.490. The lowest BCUT2D eigenvalue weighted by Crippen LogP contribution is -2.35. The first-order valence-corrected chi connectivity index (χ1v) is 12.3. The molecule has 31 heavy (non-hydrogen) atoms. The molecule has 3 fully saturated rings. The average molecular weight is 429 g/mol. The maximum absolute atomic E-state index is 10.3. The molecule has 0 aliphatic heterocycles. The Labute approximate surface area is 189 Å². The maximum atomic E-state index is 10.3. The van der Waals surface area contributed by atoms with Crippen LogP contribution < -0.4 is 0 Å². The van der Waals surface area contributed by atoms with Gasteiger partial charge in [0.15, 0.2) is 0 Å². The molecule has 174 valence electrons. The third-order valence-corrected chi connectivity index (χ3v) is 8.75. The zero-order chi connectivity index (χ0) is 23.0. The van der Waals surface area contributed by atoms with Crippen LogP contribution in [-0.4, -0.2) is 33.1 Å². The smallest absolute Gasteiger partial charge is 0.0811 e. The van der Waals surface area contributed by atoms with Crippen LogP contribution in [0.4, 0.5) is 0 Å². The summed E-state index contributed by atoms with van der Waals surface area (Å²) in [4.78, 5) is 0. The van der Waals surface area contributed by atoms with Crippen LogP contribution >= 0.6 is 0 Å². The monoisotopic (exact) mass is 428 g/mol. The SMILES string of the molecule is C=C1/C(=C/C=C2\CCC[C@@]3(C)C2CC[C@@H]3[C@H](C)/C=C/[C@H](C)C(C)(C)O)C[C@@H](O)CC1O. The van der Waals surface area contributed by atoms with Crippen LogP contribution in [-0.2, 0) is 0 Å². The Morgan fingerprint density at radius 3 is 2.52 bits per heavy atom. The highest BCUT2D eigenvalue weighted by molar-refractivity contribution is 5.38. The zero-order valence-electron chi connectivity index (χ0n) is 20.3. The Morgan fingerprint density at radius 2 is 1.84 bits per heavy atom. The van der Waals surface area contributed by atoms with E-state index in [-0.39, 0.29) is 5.92 Å². The second kappa shape index (κ2) is 9.37. The van der Waals surface area contributed by atoms with Crippen molar-refractivity contribution in [3.63, 3.8) is 0 Å². The minimum atomic E-state index is -0.684. The van der Waals surface area contributed by atoms with Gasteiger partial charge in [0, 0.05) is 12.3 Å². The van der Waals surface area contributed by atoms with Crippen LogP contribution in [0.15, 0.2) is 47.6 Å². The largest absolute Gasteiger partial charge is 0.393 e. The molecule has 0 bridgehead atoms. The molecule has 2 unspecified atom stereocenters. The van der Waals surface area contributed by atoms with Crippen molar-refractivity contribution >= 4 is 0 Å². The van der Waals surface area contributed by atoms with E-state index in [1.54, 1.807) is 0 Å². The fourth-order valence-corrected chi connectivity index (χ4v) is 6.32. The minimum absolute atomic E-state index is 0.141. The number of rotatable bonds is 5. The van der Waals surface area contributed by atoms with E-state index in [1.807, 2.05) is 13.8 Å². The molecule has 3 nitrogen and oxygen atoms in total. The van der Waals surface area contributed by atoms with Gasteiger partial charge in [-0.3, -0.25) is 0 Å². The molecule has 3 heteroatoms. The molecular weight excluding hydrogens is 384 g/mol. The summed E-state index contributed by atoms with van der Waals surface area (Å²) in [5.74, 6) is 1.91. The van der Waals surface area contributed by atoms with E-state index in [4.69, 9.17) is 0 Å². The molecule has 0 aromatic carbocycles. The van der Waals surface area contributed by atoms with Crippen molar-refractivity contribution in [3.8, 4) is 0 Å². The minimum Gasteiger partial charge on any atom is -0.393 e. The van der Waals surface area contributed by atoms with Gasteiger partial charge in [-0.05, 0) is 86.7 Å². The van der Waals surface area contributed by atoms with Crippen molar-refractivity contribution < 1.29 is 15.3 Å². The molecule has 0 heterocycles. The number of aliphatic hydroxyl groups excluding tert-OH is 2. The standard InChI is InChI=1S/C28H44O3/c1-18(9-10-19(2)27(4,5)31)24-13-14-25-21(8-7-15-28(24,25)6)11-12-22-16-23(29)17-26(30)20(22)3/h9-12,18-19,23-26,29-31H,3,7-8,13-17H2,1-2,4-6H3/b10-9+,21-11+,22-12+/t18-,19+,23-,24-,25?,26?,28-/m1/s1. The zero-order valence-corrected chi connectivity index (χ0v) is 20.3. The molecule has 3 aliphatic carbocycles. The van der Waals surface area contributed by atoms with Crippen LogP contribution in [0, 0.1) is 29.1 Å². The third-order valence-electron chi connectivity index (χ3n) is 8.75. The first-order valence-electron chi connectivity index (χ1n) is 12.3. The van der Waals surface area contributed by atoms with E-state index in [9.17, 15) is 15.3 Å². The number of hydrogen-bond donors (Lipinski definition) is 3. The highest BCUT2D eigenvalue weighted by Gasteiger charge is 2.50. The summed E-state index contributed by atoms with van der Waals surface area (Å²) in [6.45, 7) is 14.7. The molecule has 3 N–H and O–H groups in total. The van der Waals surface area contributed by atoms with Crippen LogP contribution in [0.5, 0.6) is 0 Å². The lowest BCUT2D eigenvalue weighted by atomic mass is 9.61. The Bertz CT molecular complexity index is 753. The van der Waals surface area contributed by atoms with Crippen LogP contribution in [0.1, 0.15) is 79.6 Å². The Morgan fingerprint density at radius 1 is 1.13 bits per heavy atom. The van der Waals surface area contributed by atoms with E-state index >= 15 is 0 Å². The van der Waals surface area contributed by atoms with Crippen molar-refractivity contribution in [2.24, 2.45) is 29.1 Å². The molecule has 0 aromatic heterocycles. The van der Waals surface area contributed by atoms with Crippen molar-refractivity contribution in [2.45, 2.75) is 97.4 Å². The predicted octanol–water partition coefficient (Wildman–Crippen LogP) is 5.73. The van der Waals surface area contributed by atoms with Gasteiger partial charge in [0.25, 0.3) is 0 Å². The molecular formula is C28H44O3. The summed E-state index contributed by atoms with van der Waals surface area (Å²) in [5.41, 5.74) is 2.93. The van der Waals surface area contributed by atoms with Gasteiger partial charge in [-0.1, -0.05) is 57.2 Å². The van der Waals surface area contributed by atoms with Gasteiger partial charge in [0.1, 0.15) is 0 Å². The maximum Gasteiger partial charge on any atom is 0.0811 e. The van der Waals surface area contributed by atoms with Crippen molar-refractivity contribution in [3.05, 3.63) is 47.6 Å². The summed E-state index contributed by atoms with van der Waals surface area (Å²) < 4.78 is 0. The van der Waals surface area contributed by atoms with Gasteiger partial charge >= 0.3 is 0 Å². The second-order valence-corrected chi connectivity index (χ2v) is 11.4. The van der Waals surface area contributed by atoms with Gasteiger partial charge in [-0.2, -0.15) is 0 Å². The van der Waals surface area contributed by atoms with E-state index in [0.29, 0.717) is 36.0 Å². The van der Waals surface area contributed by atoms with Gasteiger partial charge < -0.3 is 15.3 Å². The number of aliphatic hydroxyl groups is 3. The Kier molecular flexibility index (Phi) is 7.40. The summed E-state index contributed by atoms with van der Waals surface area (Å²) >= 11 is 0.